The van der Waals surface area contributed by atoms with E-state index >= 15 is 0 Å². The highest BCUT2D eigenvalue weighted by Gasteiger charge is 2.23. The summed E-state index contributed by atoms with van der Waals surface area (Å²) in [4.78, 5) is 12.1. The van der Waals surface area contributed by atoms with Gasteiger partial charge >= 0.3 is 0 Å². The molecule has 0 bridgehead atoms. The van der Waals surface area contributed by atoms with Gasteiger partial charge in [-0.1, -0.05) is 54.6 Å². The van der Waals surface area contributed by atoms with Crippen molar-refractivity contribution in [3.63, 3.8) is 0 Å². The predicted molar refractivity (Wildman–Crippen MR) is 85.8 cm³/mol. The summed E-state index contributed by atoms with van der Waals surface area (Å²) < 4.78 is 0. The molecule has 1 atom stereocenters. The molecule has 21 heavy (non-hydrogen) atoms. The molecule has 2 aromatic carbocycles. The normalized spacial score (nSPS) is 18.1. The maximum absolute atomic E-state index is 12.1. The number of rotatable bonds is 2. The number of hydrogen-bond donors (Lipinski definition) is 1. The lowest BCUT2D eigenvalue weighted by atomic mass is 9.86. The van der Waals surface area contributed by atoms with E-state index in [9.17, 15) is 4.79 Å². The lowest BCUT2D eigenvalue weighted by Crippen LogP contribution is -2.28. The molecule has 1 amide bonds. The number of amides is 1. The topological polar surface area (TPSA) is 29.1 Å². The Bertz CT molecular complexity index is 701. The summed E-state index contributed by atoms with van der Waals surface area (Å²) in [5, 5.41) is 2.99. The lowest BCUT2D eigenvalue weighted by Gasteiger charge is -2.24. The summed E-state index contributed by atoms with van der Waals surface area (Å²) >= 11 is 0. The predicted octanol–water partition coefficient (Wildman–Crippen LogP) is 3.95. The van der Waals surface area contributed by atoms with Gasteiger partial charge in [-0.15, -0.1) is 0 Å². The molecular formula is C19H19NO. The summed E-state index contributed by atoms with van der Waals surface area (Å²) in [6.07, 6.45) is 2.69. The third-order valence-electron chi connectivity index (χ3n) is 4.18. The van der Waals surface area contributed by atoms with Gasteiger partial charge in [-0.25, -0.2) is 0 Å². The molecule has 1 aliphatic heterocycles. The Morgan fingerprint density at radius 1 is 1.00 bits per heavy atom. The molecule has 0 spiro atoms. The molecular weight excluding hydrogens is 258 g/mol. The summed E-state index contributed by atoms with van der Waals surface area (Å²) in [7, 11) is 0. The molecule has 1 unspecified atom stereocenters. The molecule has 0 saturated heterocycles. The minimum Gasteiger partial charge on any atom is -0.326 e. The van der Waals surface area contributed by atoms with Crippen LogP contribution in [0.2, 0.25) is 0 Å². The second-order valence-electron chi connectivity index (χ2n) is 5.59. The average molecular weight is 277 g/mol. The Hall–Kier alpha value is -2.35. The van der Waals surface area contributed by atoms with Crippen molar-refractivity contribution >= 4 is 11.6 Å². The molecule has 1 N–H and O–H groups in total. The Morgan fingerprint density at radius 3 is 2.52 bits per heavy atom. The minimum atomic E-state index is 0.0854. The molecule has 0 aliphatic carbocycles. The quantitative estimate of drug-likeness (QED) is 0.885. The van der Waals surface area contributed by atoms with Crippen LogP contribution in [0.3, 0.4) is 0 Å². The Balaban J connectivity index is 2.03. The molecule has 2 heteroatoms. The van der Waals surface area contributed by atoms with E-state index in [1.165, 1.54) is 16.7 Å². The molecule has 2 nitrogen and oxygen atoms in total. The van der Waals surface area contributed by atoms with Crippen LogP contribution in [0.1, 0.15) is 34.6 Å². The first-order valence-corrected chi connectivity index (χ1v) is 7.28. The van der Waals surface area contributed by atoms with E-state index < -0.39 is 0 Å². The molecule has 0 fully saturated rings. The van der Waals surface area contributed by atoms with E-state index in [0.717, 1.165) is 11.3 Å². The lowest BCUT2D eigenvalue weighted by molar-refractivity contribution is -0.120. The first-order chi connectivity index (χ1) is 10.1. The van der Waals surface area contributed by atoms with Crippen molar-refractivity contribution in [2.45, 2.75) is 26.2 Å². The Morgan fingerprint density at radius 2 is 1.76 bits per heavy atom. The fourth-order valence-electron chi connectivity index (χ4n) is 2.86. The van der Waals surface area contributed by atoms with E-state index in [0.29, 0.717) is 6.42 Å². The van der Waals surface area contributed by atoms with Gasteiger partial charge in [-0.3, -0.25) is 4.79 Å². The summed E-state index contributed by atoms with van der Waals surface area (Å²) in [6, 6.07) is 16.3. The van der Waals surface area contributed by atoms with Gasteiger partial charge in [0, 0.05) is 18.0 Å². The van der Waals surface area contributed by atoms with Crippen LogP contribution in [0.5, 0.6) is 0 Å². The minimum absolute atomic E-state index is 0.0854. The maximum atomic E-state index is 12.1. The van der Waals surface area contributed by atoms with Gasteiger partial charge in [0.2, 0.25) is 5.91 Å². The highest BCUT2D eigenvalue weighted by molar-refractivity contribution is 5.90. The number of nitrogens with one attached hydrogen (secondary N) is 1. The fraction of sp³-hybridized carbons (Fsp3) is 0.211. The Labute approximate surface area is 125 Å². The number of hydrogen-bond acceptors (Lipinski definition) is 1. The zero-order valence-electron chi connectivity index (χ0n) is 12.4. The largest absolute Gasteiger partial charge is 0.326 e. The molecule has 2 aromatic rings. The molecule has 3 rings (SSSR count). The standard InChI is InChI=1S/C19H19NO/c1-13-7-6-10-17(14(13)2)16-11-18(20-19(21)12-16)15-8-4-3-5-9-15/h3-11,16H,12H2,1-2H3,(H,20,21). The van der Waals surface area contributed by atoms with Crippen LogP contribution < -0.4 is 5.32 Å². The maximum Gasteiger partial charge on any atom is 0.225 e. The van der Waals surface area contributed by atoms with Gasteiger partial charge in [0.1, 0.15) is 0 Å². The van der Waals surface area contributed by atoms with Gasteiger partial charge in [-0.05, 0) is 36.1 Å². The fourth-order valence-corrected chi connectivity index (χ4v) is 2.86. The first kappa shape index (κ1) is 13.6. The van der Waals surface area contributed by atoms with Crippen LogP contribution >= 0.6 is 0 Å². The molecule has 0 aromatic heterocycles. The van der Waals surface area contributed by atoms with Gasteiger partial charge < -0.3 is 5.32 Å². The van der Waals surface area contributed by atoms with Gasteiger partial charge in [0.05, 0.1) is 0 Å². The summed E-state index contributed by atoms with van der Waals surface area (Å²) in [6.45, 7) is 4.25. The van der Waals surface area contributed by atoms with Crippen molar-refractivity contribution in [3.8, 4) is 0 Å². The van der Waals surface area contributed by atoms with Crippen molar-refractivity contribution in [2.75, 3.05) is 0 Å². The van der Waals surface area contributed by atoms with Crippen molar-refractivity contribution in [1.29, 1.82) is 0 Å². The zero-order valence-corrected chi connectivity index (χ0v) is 12.4. The van der Waals surface area contributed by atoms with Crippen molar-refractivity contribution < 1.29 is 4.79 Å². The number of allylic oxidation sites excluding steroid dienone is 1. The van der Waals surface area contributed by atoms with Crippen molar-refractivity contribution in [1.82, 2.24) is 5.32 Å². The molecule has 106 valence electrons. The van der Waals surface area contributed by atoms with E-state index in [1.54, 1.807) is 0 Å². The Kier molecular flexibility index (Phi) is 3.61. The van der Waals surface area contributed by atoms with Crippen molar-refractivity contribution in [2.24, 2.45) is 0 Å². The van der Waals surface area contributed by atoms with Crippen LogP contribution in [0.4, 0.5) is 0 Å². The highest BCUT2D eigenvalue weighted by Crippen LogP contribution is 2.31. The third kappa shape index (κ3) is 2.75. The van der Waals surface area contributed by atoms with Crippen molar-refractivity contribution in [3.05, 3.63) is 76.9 Å². The SMILES string of the molecule is Cc1cccc(C2C=C(c3ccccc3)NC(=O)C2)c1C. The number of aryl methyl sites for hydroxylation is 1. The molecule has 1 heterocycles. The molecule has 0 saturated carbocycles. The number of carbonyl (C=O) groups excluding carboxylic acids is 1. The average Bonchev–Trinajstić information content (AvgIpc) is 2.50. The smallest absolute Gasteiger partial charge is 0.225 e. The van der Waals surface area contributed by atoms with E-state index in [4.69, 9.17) is 0 Å². The number of carbonyl (C=O) groups is 1. The monoisotopic (exact) mass is 277 g/mol. The van der Waals surface area contributed by atoms with Gasteiger partial charge in [0.25, 0.3) is 0 Å². The second kappa shape index (κ2) is 5.57. The third-order valence-corrected chi connectivity index (χ3v) is 4.18. The molecule has 0 radical (unpaired) electrons. The van der Waals surface area contributed by atoms with Gasteiger partial charge in [-0.2, -0.15) is 0 Å². The van der Waals surface area contributed by atoms with Crippen LogP contribution in [-0.4, -0.2) is 5.91 Å². The van der Waals surface area contributed by atoms with Crippen LogP contribution in [0.25, 0.3) is 5.70 Å². The summed E-state index contributed by atoms with van der Waals surface area (Å²) in [5.41, 5.74) is 5.77. The zero-order chi connectivity index (χ0) is 14.8. The van der Waals surface area contributed by atoms with E-state index in [2.05, 4.69) is 43.4 Å². The van der Waals surface area contributed by atoms with E-state index in [-0.39, 0.29) is 11.8 Å². The first-order valence-electron chi connectivity index (χ1n) is 7.28. The summed E-state index contributed by atoms with van der Waals surface area (Å²) in [5.74, 6) is 0.233. The van der Waals surface area contributed by atoms with E-state index in [1.807, 2.05) is 30.3 Å². The highest BCUT2D eigenvalue weighted by atomic mass is 16.1. The molecule has 1 aliphatic rings. The van der Waals surface area contributed by atoms with Crippen LogP contribution in [-0.2, 0) is 4.79 Å². The second-order valence-corrected chi connectivity index (χ2v) is 5.59. The van der Waals surface area contributed by atoms with Gasteiger partial charge in [0.15, 0.2) is 0 Å². The number of benzene rings is 2. The van der Waals surface area contributed by atoms with Crippen LogP contribution in [0.15, 0.2) is 54.6 Å². The van der Waals surface area contributed by atoms with Crippen LogP contribution in [0, 0.1) is 13.8 Å².